The molecule has 1 saturated carbocycles. The van der Waals surface area contributed by atoms with E-state index in [1.165, 1.54) is 12.8 Å². The molecule has 1 aliphatic carbocycles. The van der Waals surface area contributed by atoms with Crippen LogP contribution in [0, 0.1) is 0 Å². The molecule has 0 saturated heterocycles. The lowest BCUT2D eigenvalue weighted by molar-refractivity contribution is 0.306. The highest BCUT2D eigenvalue weighted by Gasteiger charge is 2.19. The number of hydrogen-bond donors (Lipinski definition) is 1. The first-order valence-corrected chi connectivity index (χ1v) is 7.59. The Bertz CT molecular complexity index is 552. The van der Waals surface area contributed by atoms with E-state index in [0.717, 1.165) is 42.9 Å². The maximum atomic E-state index is 5.79. The first kappa shape index (κ1) is 14.0. The van der Waals surface area contributed by atoms with Gasteiger partial charge in [0.1, 0.15) is 17.2 Å². The van der Waals surface area contributed by atoms with E-state index < -0.39 is 0 Å². The minimum atomic E-state index is 0.731. The van der Waals surface area contributed by atoms with Crippen molar-refractivity contribution in [3.05, 3.63) is 54.6 Å². The number of rotatable bonds is 8. The smallest absolute Gasteiger partial charge is 0.131 e. The van der Waals surface area contributed by atoms with Crippen LogP contribution in [0.3, 0.4) is 0 Å². The Morgan fingerprint density at radius 2 is 1.67 bits per heavy atom. The predicted molar refractivity (Wildman–Crippen MR) is 84.1 cm³/mol. The lowest BCUT2D eigenvalue weighted by Crippen LogP contribution is -2.19. The van der Waals surface area contributed by atoms with Crippen molar-refractivity contribution < 1.29 is 9.47 Å². The second-order valence-corrected chi connectivity index (χ2v) is 5.32. The highest BCUT2D eigenvalue weighted by molar-refractivity contribution is 5.36. The summed E-state index contributed by atoms with van der Waals surface area (Å²) in [5.74, 6) is 2.49. The van der Waals surface area contributed by atoms with E-state index in [4.69, 9.17) is 9.47 Å². The molecule has 0 spiro atoms. The Morgan fingerprint density at radius 1 is 0.905 bits per heavy atom. The molecular weight excluding hydrogens is 262 g/mol. The molecule has 110 valence electrons. The van der Waals surface area contributed by atoms with Crippen LogP contribution in [-0.4, -0.2) is 19.2 Å². The maximum Gasteiger partial charge on any atom is 0.131 e. The molecule has 1 N–H and O–H groups in total. The monoisotopic (exact) mass is 283 g/mol. The number of para-hydroxylation sites is 1. The quantitative estimate of drug-likeness (QED) is 0.743. The zero-order valence-corrected chi connectivity index (χ0v) is 12.1. The number of benzene rings is 2. The summed E-state index contributed by atoms with van der Waals surface area (Å²) in [7, 11) is 0. The molecule has 0 heterocycles. The molecule has 0 bridgehead atoms. The van der Waals surface area contributed by atoms with Crippen molar-refractivity contribution in [2.75, 3.05) is 13.2 Å². The van der Waals surface area contributed by atoms with Gasteiger partial charge in [-0.2, -0.15) is 0 Å². The van der Waals surface area contributed by atoms with Gasteiger partial charge in [0.05, 0.1) is 6.61 Å². The largest absolute Gasteiger partial charge is 0.493 e. The van der Waals surface area contributed by atoms with E-state index in [-0.39, 0.29) is 0 Å². The van der Waals surface area contributed by atoms with Crippen molar-refractivity contribution in [3.8, 4) is 17.2 Å². The normalized spacial score (nSPS) is 13.9. The molecule has 21 heavy (non-hydrogen) atoms. The molecule has 0 atom stereocenters. The lowest BCUT2D eigenvalue weighted by Gasteiger charge is -2.09. The van der Waals surface area contributed by atoms with Gasteiger partial charge in [0.2, 0.25) is 0 Å². The van der Waals surface area contributed by atoms with E-state index >= 15 is 0 Å². The average molecular weight is 283 g/mol. The summed E-state index contributed by atoms with van der Waals surface area (Å²) >= 11 is 0. The number of ether oxygens (including phenoxy) is 2. The van der Waals surface area contributed by atoms with Crippen LogP contribution in [0.1, 0.15) is 19.3 Å². The fourth-order valence-corrected chi connectivity index (χ4v) is 2.11. The van der Waals surface area contributed by atoms with Gasteiger partial charge in [-0.25, -0.2) is 0 Å². The lowest BCUT2D eigenvalue weighted by atomic mass is 10.3. The topological polar surface area (TPSA) is 30.5 Å². The summed E-state index contributed by atoms with van der Waals surface area (Å²) in [6, 6.07) is 18.3. The average Bonchev–Trinajstić information content (AvgIpc) is 3.33. The summed E-state index contributed by atoms with van der Waals surface area (Å²) in [5, 5.41) is 3.48. The van der Waals surface area contributed by atoms with Crippen LogP contribution in [-0.2, 0) is 0 Å². The van der Waals surface area contributed by atoms with Gasteiger partial charge < -0.3 is 14.8 Å². The molecule has 0 radical (unpaired) electrons. The molecule has 1 aliphatic rings. The van der Waals surface area contributed by atoms with E-state index in [2.05, 4.69) is 5.32 Å². The highest BCUT2D eigenvalue weighted by atomic mass is 16.5. The van der Waals surface area contributed by atoms with Crippen molar-refractivity contribution in [1.82, 2.24) is 5.32 Å². The zero-order valence-electron chi connectivity index (χ0n) is 12.1. The Labute approximate surface area is 125 Å². The third kappa shape index (κ3) is 4.80. The Morgan fingerprint density at radius 3 is 2.48 bits per heavy atom. The Hall–Kier alpha value is -2.00. The molecule has 0 aromatic heterocycles. The van der Waals surface area contributed by atoms with E-state index in [1.807, 2.05) is 54.6 Å². The maximum absolute atomic E-state index is 5.79. The van der Waals surface area contributed by atoms with Crippen LogP contribution in [0.5, 0.6) is 17.2 Å². The molecule has 3 heteroatoms. The van der Waals surface area contributed by atoms with Crippen molar-refractivity contribution in [1.29, 1.82) is 0 Å². The summed E-state index contributed by atoms with van der Waals surface area (Å²) in [6.45, 7) is 1.76. The van der Waals surface area contributed by atoms with Crippen molar-refractivity contribution in [2.45, 2.75) is 25.3 Å². The fourth-order valence-electron chi connectivity index (χ4n) is 2.11. The van der Waals surface area contributed by atoms with Gasteiger partial charge >= 0.3 is 0 Å². The van der Waals surface area contributed by atoms with Crippen LogP contribution in [0.25, 0.3) is 0 Å². The standard InChI is InChI=1S/C18H21NO2/c1-2-6-16(7-3-1)21-18-9-4-8-17(14-18)20-13-5-12-19-15-10-11-15/h1-4,6-9,14-15,19H,5,10-13H2. The summed E-state index contributed by atoms with van der Waals surface area (Å²) in [6.07, 6.45) is 3.69. The zero-order chi connectivity index (χ0) is 14.3. The van der Waals surface area contributed by atoms with Crippen molar-refractivity contribution >= 4 is 0 Å². The molecule has 0 amide bonds. The summed E-state index contributed by atoms with van der Waals surface area (Å²) in [5.41, 5.74) is 0. The van der Waals surface area contributed by atoms with Crippen molar-refractivity contribution in [2.24, 2.45) is 0 Å². The Balaban J connectivity index is 1.46. The minimum Gasteiger partial charge on any atom is -0.493 e. The highest BCUT2D eigenvalue weighted by Crippen LogP contribution is 2.25. The first-order valence-electron chi connectivity index (χ1n) is 7.59. The van der Waals surface area contributed by atoms with E-state index in [0.29, 0.717) is 0 Å². The van der Waals surface area contributed by atoms with E-state index in [9.17, 15) is 0 Å². The molecule has 0 aliphatic heterocycles. The summed E-state index contributed by atoms with van der Waals surface area (Å²) in [4.78, 5) is 0. The number of nitrogens with one attached hydrogen (secondary N) is 1. The van der Waals surface area contributed by atoms with Gasteiger partial charge in [-0.3, -0.25) is 0 Å². The SMILES string of the molecule is c1ccc(Oc2cccc(OCCCNC3CC3)c2)cc1. The second-order valence-electron chi connectivity index (χ2n) is 5.32. The van der Waals surface area contributed by atoms with Gasteiger partial charge in [-0.05, 0) is 50.1 Å². The van der Waals surface area contributed by atoms with Crippen LogP contribution >= 0.6 is 0 Å². The van der Waals surface area contributed by atoms with Crippen LogP contribution in [0.4, 0.5) is 0 Å². The van der Waals surface area contributed by atoms with Gasteiger partial charge in [0.25, 0.3) is 0 Å². The third-order valence-corrected chi connectivity index (χ3v) is 3.38. The first-order chi connectivity index (χ1) is 10.4. The second kappa shape index (κ2) is 7.14. The van der Waals surface area contributed by atoms with Gasteiger partial charge in [-0.15, -0.1) is 0 Å². The third-order valence-electron chi connectivity index (χ3n) is 3.38. The van der Waals surface area contributed by atoms with Crippen LogP contribution in [0.15, 0.2) is 54.6 Å². The molecular formula is C18H21NO2. The molecule has 3 rings (SSSR count). The van der Waals surface area contributed by atoms with E-state index in [1.54, 1.807) is 0 Å². The van der Waals surface area contributed by atoms with Gasteiger partial charge in [0, 0.05) is 12.1 Å². The molecule has 1 fully saturated rings. The minimum absolute atomic E-state index is 0.731. The van der Waals surface area contributed by atoms with Crippen LogP contribution < -0.4 is 14.8 Å². The molecule has 2 aromatic carbocycles. The van der Waals surface area contributed by atoms with Crippen molar-refractivity contribution in [3.63, 3.8) is 0 Å². The van der Waals surface area contributed by atoms with Gasteiger partial charge in [-0.1, -0.05) is 24.3 Å². The Kier molecular flexibility index (Phi) is 4.74. The predicted octanol–water partition coefficient (Wildman–Crippen LogP) is 4.00. The summed E-state index contributed by atoms with van der Waals surface area (Å²) < 4.78 is 11.6. The fraction of sp³-hybridized carbons (Fsp3) is 0.333. The molecule has 2 aromatic rings. The molecule has 3 nitrogen and oxygen atoms in total. The molecule has 0 unspecified atom stereocenters. The van der Waals surface area contributed by atoms with Gasteiger partial charge in [0.15, 0.2) is 0 Å². The number of hydrogen-bond acceptors (Lipinski definition) is 3. The van der Waals surface area contributed by atoms with Crippen LogP contribution in [0.2, 0.25) is 0 Å².